The number of alkyl halides is 1. The minimum absolute atomic E-state index is 0.180. The van der Waals surface area contributed by atoms with E-state index in [1.54, 1.807) is 0 Å². The van der Waals surface area contributed by atoms with Crippen molar-refractivity contribution in [3.05, 3.63) is 35.4 Å². The van der Waals surface area contributed by atoms with E-state index in [0.717, 1.165) is 17.5 Å². The molecule has 1 aliphatic rings. The normalized spacial score (nSPS) is 24.2. The van der Waals surface area contributed by atoms with Crippen LogP contribution >= 0.6 is 11.6 Å². The Kier molecular flexibility index (Phi) is 3.03. The fourth-order valence-corrected chi connectivity index (χ4v) is 3.90. The molecule has 15 heavy (non-hydrogen) atoms. The molecule has 0 aliphatic carbocycles. The zero-order chi connectivity index (χ0) is 10.9. The molecule has 1 aromatic rings. The third-order valence-electron chi connectivity index (χ3n) is 2.84. The van der Waals surface area contributed by atoms with Gasteiger partial charge in [0.25, 0.3) is 0 Å². The van der Waals surface area contributed by atoms with E-state index in [4.69, 9.17) is 11.6 Å². The number of benzene rings is 1. The van der Waals surface area contributed by atoms with Crippen molar-refractivity contribution in [3.63, 3.8) is 0 Å². The second kappa shape index (κ2) is 4.14. The van der Waals surface area contributed by atoms with Crippen LogP contribution in [0.4, 0.5) is 0 Å². The summed E-state index contributed by atoms with van der Waals surface area (Å²) in [6.07, 6.45) is 0.753. The molecule has 0 radical (unpaired) electrons. The lowest BCUT2D eigenvalue weighted by atomic mass is 9.98. The van der Waals surface area contributed by atoms with Gasteiger partial charge in [-0.05, 0) is 23.5 Å². The second-order valence-corrected chi connectivity index (χ2v) is 6.47. The summed E-state index contributed by atoms with van der Waals surface area (Å²) in [5.41, 5.74) is 2.19. The largest absolute Gasteiger partial charge is 0.229 e. The Bertz CT molecular complexity index is 436. The molecule has 0 amide bonds. The molecule has 0 saturated carbocycles. The van der Waals surface area contributed by atoms with Crippen molar-refractivity contribution in [2.24, 2.45) is 0 Å². The lowest BCUT2D eigenvalue weighted by Gasteiger charge is -2.08. The summed E-state index contributed by atoms with van der Waals surface area (Å²) in [5.74, 6) is 1.31. The van der Waals surface area contributed by atoms with E-state index in [2.05, 4.69) is 0 Å². The van der Waals surface area contributed by atoms with Crippen molar-refractivity contribution in [1.82, 2.24) is 0 Å². The maximum absolute atomic E-state index is 11.3. The van der Waals surface area contributed by atoms with Crippen LogP contribution < -0.4 is 0 Å². The first-order chi connectivity index (χ1) is 7.11. The van der Waals surface area contributed by atoms with Crippen molar-refractivity contribution in [3.8, 4) is 0 Å². The topological polar surface area (TPSA) is 34.1 Å². The number of sulfone groups is 1. The average Bonchev–Trinajstić information content (AvgIpc) is 2.59. The smallest absolute Gasteiger partial charge is 0.150 e. The molecule has 2 nitrogen and oxygen atoms in total. The van der Waals surface area contributed by atoms with Gasteiger partial charge in [-0.15, -0.1) is 11.6 Å². The minimum Gasteiger partial charge on any atom is -0.229 e. The number of hydrogen-bond acceptors (Lipinski definition) is 2. The number of hydrogen-bond donors (Lipinski definition) is 0. The standard InChI is InChI=1S/C11H13ClO2S/c12-7-9-1-3-10(4-2-9)11-5-6-15(13,14)8-11/h1-4,11H,5-8H2/t11-/m1/s1. The van der Waals surface area contributed by atoms with Crippen molar-refractivity contribution in [2.45, 2.75) is 18.2 Å². The van der Waals surface area contributed by atoms with Crippen molar-refractivity contribution >= 4 is 21.4 Å². The molecule has 0 unspecified atom stereocenters. The van der Waals surface area contributed by atoms with Gasteiger partial charge in [0.1, 0.15) is 0 Å². The van der Waals surface area contributed by atoms with E-state index in [1.807, 2.05) is 24.3 Å². The number of halogens is 1. The lowest BCUT2D eigenvalue weighted by molar-refractivity contribution is 0.601. The third-order valence-corrected chi connectivity index (χ3v) is 4.91. The van der Waals surface area contributed by atoms with Crippen LogP contribution in [0.3, 0.4) is 0 Å². The van der Waals surface area contributed by atoms with Crippen molar-refractivity contribution in [2.75, 3.05) is 11.5 Å². The second-order valence-electron chi connectivity index (χ2n) is 3.98. The first-order valence-corrected chi connectivity index (χ1v) is 7.31. The Morgan fingerprint density at radius 2 is 1.93 bits per heavy atom. The van der Waals surface area contributed by atoms with Crippen molar-refractivity contribution in [1.29, 1.82) is 0 Å². The summed E-state index contributed by atoms with van der Waals surface area (Å²) >= 11 is 5.69. The molecule has 2 rings (SSSR count). The molecule has 1 aliphatic heterocycles. The van der Waals surface area contributed by atoms with E-state index in [1.165, 1.54) is 0 Å². The van der Waals surface area contributed by atoms with E-state index in [9.17, 15) is 8.42 Å². The van der Waals surface area contributed by atoms with Gasteiger partial charge in [0.05, 0.1) is 11.5 Å². The zero-order valence-electron chi connectivity index (χ0n) is 8.32. The van der Waals surface area contributed by atoms with Gasteiger partial charge in [-0.1, -0.05) is 24.3 Å². The molecule has 4 heteroatoms. The maximum atomic E-state index is 11.3. The fourth-order valence-electron chi connectivity index (χ4n) is 1.94. The highest BCUT2D eigenvalue weighted by molar-refractivity contribution is 7.91. The Balaban J connectivity index is 2.17. The van der Waals surface area contributed by atoms with Gasteiger partial charge in [0, 0.05) is 5.88 Å². The van der Waals surface area contributed by atoms with E-state index in [-0.39, 0.29) is 5.92 Å². The van der Waals surface area contributed by atoms with Crippen LogP contribution in [0.25, 0.3) is 0 Å². The Hall–Kier alpha value is -0.540. The molecule has 0 spiro atoms. The highest BCUT2D eigenvalue weighted by Gasteiger charge is 2.28. The number of rotatable bonds is 2. The Labute approximate surface area is 95.2 Å². The van der Waals surface area contributed by atoms with Crippen LogP contribution in [0, 0.1) is 0 Å². The summed E-state index contributed by atoms with van der Waals surface area (Å²) in [5, 5.41) is 0. The quantitative estimate of drug-likeness (QED) is 0.749. The van der Waals surface area contributed by atoms with Gasteiger partial charge in [-0.2, -0.15) is 0 Å². The predicted octanol–water partition coefficient (Wildman–Crippen LogP) is 2.33. The summed E-state index contributed by atoms with van der Waals surface area (Å²) in [6.45, 7) is 0. The highest BCUT2D eigenvalue weighted by atomic mass is 35.5. The molecular formula is C11H13ClO2S. The first kappa shape index (κ1) is 11.0. The molecule has 0 aromatic heterocycles. The Morgan fingerprint density at radius 3 is 2.40 bits per heavy atom. The van der Waals surface area contributed by atoms with Crippen LogP contribution in [-0.2, 0) is 15.7 Å². The lowest BCUT2D eigenvalue weighted by Crippen LogP contribution is -2.03. The molecular weight excluding hydrogens is 232 g/mol. The SMILES string of the molecule is O=S1(=O)CC[C@@H](c2ccc(CCl)cc2)C1. The molecule has 1 saturated heterocycles. The average molecular weight is 245 g/mol. The third kappa shape index (κ3) is 2.52. The van der Waals surface area contributed by atoms with Crippen molar-refractivity contribution < 1.29 is 8.42 Å². The van der Waals surface area contributed by atoms with E-state index >= 15 is 0 Å². The van der Waals surface area contributed by atoms with Gasteiger partial charge in [-0.3, -0.25) is 0 Å². The summed E-state index contributed by atoms with van der Waals surface area (Å²) in [7, 11) is -2.79. The minimum atomic E-state index is -2.79. The van der Waals surface area contributed by atoms with E-state index in [0.29, 0.717) is 17.4 Å². The molecule has 0 bridgehead atoms. The maximum Gasteiger partial charge on any atom is 0.150 e. The van der Waals surface area contributed by atoms with E-state index < -0.39 is 9.84 Å². The van der Waals surface area contributed by atoms with Crippen LogP contribution in [0.2, 0.25) is 0 Å². The summed E-state index contributed by atoms with van der Waals surface area (Å²) in [4.78, 5) is 0. The van der Waals surface area contributed by atoms with Gasteiger partial charge in [0.15, 0.2) is 9.84 Å². The molecule has 82 valence electrons. The summed E-state index contributed by atoms with van der Waals surface area (Å²) < 4.78 is 22.6. The molecule has 1 aromatic carbocycles. The Morgan fingerprint density at radius 1 is 1.27 bits per heavy atom. The molecule has 0 N–H and O–H groups in total. The van der Waals surface area contributed by atoms with Gasteiger partial charge < -0.3 is 0 Å². The first-order valence-electron chi connectivity index (χ1n) is 4.96. The monoisotopic (exact) mass is 244 g/mol. The van der Waals surface area contributed by atoms with Crippen LogP contribution in [0.5, 0.6) is 0 Å². The van der Waals surface area contributed by atoms with Gasteiger partial charge in [-0.25, -0.2) is 8.42 Å². The molecule has 1 fully saturated rings. The highest BCUT2D eigenvalue weighted by Crippen LogP contribution is 2.28. The molecule has 1 atom stereocenters. The predicted molar refractivity (Wildman–Crippen MR) is 62.0 cm³/mol. The van der Waals surface area contributed by atoms with Crippen LogP contribution in [0.1, 0.15) is 23.5 Å². The van der Waals surface area contributed by atoms with Gasteiger partial charge in [0.2, 0.25) is 0 Å². The molecule has 1 heterocycles. The zero-order valence-corrected chi connectivity index (χ0v) is 9.89. The van der Waals surface area contributed by atoms with Crippen LogP contribution in [0.15, 0.2) is 24.3 Å². The fraction of sp³-hybridized carbons (Fsp3) is 0.455. The van der Waals surface area contributed by atoms with Crippen LogP contribution in [-0.4, -0.2) is 19.9 Å². The summed E-state index contributed by atoms with van der Waals surface area (Å²) in [6, 6.07) is 7.91. The van der Waals surface area contributed by atoms with Gasteiger partial charge >= 0.3 is 0 Å².